The minimum absolute atomic E-state index is 0.179. The van der Waals surface area contributed by atoms with Gasteiger partial charge in [-0.05, 0) is 43.6 Å². The van der Waals surface area contributed by atoms with Gasteiger partial charge in [-0.25, -0.2) is 0 Å². The van der Waals surface area contributed by atoms with Crippen LogP contribution in [-0.2, 0) is 4.79 Å². The third kappa shape index (κ3) is 3.95. The molecule has 4 unspecified atom stereocenters. The number of piperidine rings is 1. The topological polar surface area (TPSA) is 41.1 Å². The van der Waals surface area contributed by atoms with E-state index >= 15 is 0 Å². The predicted molar refractivity (Wildman–Crippen MR) is 78.9 cm³/mol. The van der Waals surface area contributed by atoms with E-state index in [1.165, 1.54) is 25.7 Å². The molecule has 3 nitrogen and oxygen atoms in total. The minimum atomic E-state index is 0.179. The van der Waals surface area contributed by atoms with Gasteiger partial charge in [-0.3, -0.25) is 4.79 Å². The quantitative estimate of drug-likeness (QED) is 0.824. The van der Waals surface area contributed by atoms with E-state index in [1.807, 2.05) is 0 Å². The molecule has 0 spiro atoms. The second-order valence-corrected chi connectivity index (χ2v) is 7.00. The van der Waals surface area contributed by atoms with Gasteiger partial charge in [0.05, 0.1) is 5.92 Å². The van der Waals surface area contributed by atoms with Gasteiger partial charge in [-0.1, -0.05) is 33.6 Å². The van der Waals surface area contributed by atoms with Crippen LogP contribution in [0, 0.1) is 23.7 Å². The van der Waals surface area contributed by atoms with Gasteiger partial charge in [-0.2, -0.15) is 0 Å². The summed E-state index contributed by atoms with van der Waals surface area (Å²) in [4.78, 5) is 12.4. The molecule has 3 heteroatoms. The Hall–Kier alpha value is -0.570. The van der Waals surface area contributed by atoms with E-state index in [1.54, 1.807) is 0 Å². The standard InChI is InChI=1S/C16H30N2O/c1-11(2)14-6-4-5-7-15(14)18-16(19)13-8-12(3)9-17-10-13/h11-15,17H,4-10H2,1-3H3,(H,18,19). The van der Waals surface area contributed by atoms with Gasteiger partial charge >= 0.3 is 0 Å². The fourth-order valence-corrected chi connectivity index (χ4v) is 3.79. The molecule has 1 aliphatic carbocycles. The first-order valence-electron chi connectivity index (χ1n) is 8.09. The Morgan fingerprint density at radius 1 is 1.21 bits per heavy atom. The van der Waals surface area contributed by atoms with E-state index in [9.17, 15) is 4.79 Å². The van der Waals surface area contributed by atoms with Crippen molar-refractivity contribution < 1.29 is 4.79 Å². The summed E-state index contributed by atoms with van der Waals surface area (Å²) in [5.74, 6) is 2.44. The fraction of sp³-hybridized carbons (Fsp3) is 0.938. The molecule has 0 aromatic heterocycles. The van der Waals surface area contributed by atoms with Gasteiger partial charge < -0.3 is 10.6 Å². The lowest BCUT2D eigenvalue weighted by molar-refractivity contribution is -0.127. The first-order chi connectivity index (χ1) is 9.08. The second kappa shape index (κ2) is 6.74. The van der Waals surface area contributed by atoms with Crippen LogP contribution >= 0.6 is 0 Å². The van der Waals surface area contributed by atoms with Crippen LogP contribution < -0.4 is 10.6 Å². The fourth-order valence-electron chi connectivity index (χ4n) is 3.79. The first-order valence-corrected chi connectivity index (χ1v) is 8.09. The predicted octanol–water partition coefficient (Wildman–Crippen LogP) is 2.56. The number of carbonyl (C=O) groups is 1. The van der Waals surface area contributed by atoms with Crippen molar-refractivity contribution in [1.29, 1.82) is 0 Å². The van der Waals surface area contributed by atoms with Crippen LogP contribution in [0.2, 0.25) is 0 Å². The SMILES string of the molecule is CC1CNCC(C(=O)NC2CCCCC2C(C)C)C1. The molecule has 110 valence electrons. The number of hydrogen-bond acceptors (Lipinski definition) is 2. The molecular formula is C16H30N2O. The Morgan fingerprint density at radius 2 is 1.95 bits per heavy atom. The zero-order valence-corrected chi connectivity index (χ0v) is 12.7. The maximum Gasteiger partial charge on any atom is 0.224 e. The lowest BCUT2D eigenvalue weighted by atomic mass is 9.77. The molecule has 4 atom stereocenters. The maximum atomic E-state index is 12.4. The second-order valence-electron chi connectivity index (χ2n) is 7.00. The van der Waals surface area contributed by atoms with Crippen LogP contribution in [0.1, 0.15) is 52.9 Å². The molecule has 0 aromatic rings. The summed E-state index contributed by atoms with van der Waals surface area (Å²) in [6.07, 6.45) is 6.09. The van der Waals surface area contributed by atoms with Crippen molar-refractivity contribution in [2.45, 2.75) is 58.9 Å². The maximum absolute atomic E-state index is 12.4. The Kier molecular flexibility index (Phi) is 5.26. The van der Waals surface area contributed by atoms with Gasteiger partial charge in [0.25, 0.3) is 0 Å². The smallest absolute Gasteiger partial charge is 0.224 e. The molecule has 0 bridgehead atoms. The van der Waals surface area contributed by atoms with Gasteiger partial charge in [0.15, 0.2) is 0 Å². The lowest BCUT2D eigenvalue weighted by Gasteiger charge is -2.36. The Bertz CT molecular complexity index is 303. The van der Waals surface area contributed by atoms with Crippen molar-refractivity contribution in [1.82, 2.24) is 10.6 Å². The van der Waals surface area contributed by atoms with Crippen molar-refractivity contribution in [2.24, 2.45) is 23.7 Å². The molecule has 1 saturated heterocycles. The highest BCUT2D eigenvalue weighted by Crippen LogP contribution is 2.30. The zero-order valence-electron chi connectivity index (χ0n) is 12.7. The number of carbonyl (C=O) groups excluding carboxylic acids is 1. The molecule has 2 aliphatic rings. The van der Waals surface area contributed by atoms with E-state index in [-0.39, 0.29) is 11.8 Å². The van der Waals surface area contributed by atoms with E-state index in [0.29, 0.717) is 23.8 Å². The number of amides is 1. The van der Waals surface area contributed by atoms with Crippen LogP contribution in [0.5, 0.6) is 0 Å². The molecule has 0 aromatic carbocycles. The summed E-state index contributed by atoms with van der Waals surface area (Å²) in [5, 5.41) is 6.74. The molecule has 1 aliphatic heterocycles. The van der Waals surface area contributed by atoms with Crippen molar-refractivity contribution >= 4 is 5.91 Å². The Labute approximate surface area is 117 Å². The van der Waals surface area contributed by atoms with Crippen molar-refractivity contribution in [3.8, 4) is 0 Å². The highest BCUT2D eigenvalue weighted by Gasteiger charge is 2.31. The van der Waals surface area contributed by atoms with Gasteiger partial charge in [0, 0.05) is 12.6 Å². The minimum Gasteiger partial charge on any atom is -0.353 e. The van der Waals surface area contributed by atoms with Crippen LogP contribution in [0.25, 0.3) is 0 Å². The molecule has 1 heterocycles. The van der Waals surface area contributed by atoms with E-state index in [2.05, 4.69) is 31.4 Å². The van der Waals surface area contributed by atoms with Crippen molar-refractivity contribution in [3.63, 3.8) is 0 Å². The Morgan fingerprint density at radius 3 is 2.63 bits per heavy atom. The largest absolute Gasteiger partial charge is 0.353 e. The third-order valence-corrected chi connectivity index (χ3v) is 4.94. The molecule has 1 amide bonds. The molecular weight excluding hydrogens is 236 g/mol. The number of nitrogens with one attached hydrogen (secondary N) is 2. The monoisotopic (exact) mass is 266 g/mol. The summed E-state index contributed by atoms with van der Waals surface area (Å²) in [6, 6.07) is 0.415. The zero-order chi connectivity index (χ0) is 13.8. The molecule has 1 saturated carbocycles. The van der Waals surface area contributed by atoms with Gasteiger partial charge in [0.2, 0.25) is 5.91 Å². The molecule has 2 N–H and O–H groups in total. The van der Waals surface area contributed by atoms with Crippen LogP contribution in [0.15, 0.2) is 0 Å². The van der Waals surface area contributed by atoms with Crippen LogP contribution in [0.4, 0.5) is 0 Å². The summed E-state index contributed by atoms with van der Waals surface area (Å²) in [7, 11) is 0. The van der Waals surface area contributed by atoms with Gasteiger partial charge in [0.1, 0.15) is 0 Å². The van der Waals surface area contributed by atoms with Crippen molar-refractivity contribution in [3.05, 3.63) is 0 Å². The summed E-state index contributed by atoms with van der Waals surface area (Å²) in [5.41, 5.74) is 0. The van der Waals surface area contributed by atoms with E-state index < -0.39 is 0 Å². The molecule has 19 heavy (non-hydrogen) atoms. The highest BCUT2D eigenvalue weighted by molar-refractivity contribution is 5.79. The van der Waals surface area contributed by atoms with E-state index in [0.717, 1.165) is 19.5 Å². The average molecular weight is 266 g/mol. The summed E-state index contributed by atoms with van der Waals surface area (Å²) < 4.78 is 0. The normalized spacial score (nSPS) is 36.2. The Balaban J connectivity index is 1.89. The molecule has 0 radical (unpaired) electrons. The summed E-state index contributed by atoms with van der Waals surface area (Å²) in [6.45, 7) is 8.72. The number of rotatable bonds is 3. The van der Waals surface area contributed by atoms with E-state index in [4.69, 9.17) is 0 Å². The molecule has 2 fully saturated rings. The van der Waals surface area contributed by atoms with Gasteiger partial charge in [-0.15, -0.1) is 0 Å². The third-order valence-electron chi connectivity index (χ3n) is 4.94. The summed E-state index contributed by atoms with van der Waals surface area (Å²) >= 11 is 0. The first kappa shape index (κ1) is 14.8. The van der Waals surface area contributed by atoms with Crippen LogP contribution in [-0.4, -0.2) is 25.0 Å². The highest BCUT2D eigenvalue weighted by atomic mass is 16.2. The van der Waals surface area contributed by atoms with Crippen LogP contribution in [0.3, 0.4) is 0 Å². The van der Waals surface area contributed by atoms with Crippen molar-refractivity contribution in [2.75, 3.05) is 13.1 Å². The number of hydrogen-bond donors (Lipinski definition) is 2. The lowest BCUT2D eigenvalue weighted by Crippen LogP contribution is -2.49. The molecule has 2 rings (SSSR count). The average Bonchev–Trinajstić information content (AvgIpc) is 2.39.